The van der Waals surface area contributed by atoms with E-state index in [1.54, 1.807) is 32.4 Å². The summed E-state index contributed by atoms with van der Waals surface area (Å²) in [6.45, 7) is 0.202. The lowest BCUT2D eigenvalue weighted by atomic mass is 10.1. The Bertz CT molecular complexity index is 839. The lowest BCUT2D eigenvalue weighted by Crippen LogP contribution is -2.34. The predicted molar refractivity (Wildman–Crippen MR) is 103 cm³/mol. The molecule has 0 saturated carbocycles. The fourth-order valence-electron chi connectivity index (χ4n) is 2.54. The van der Waals surface area contributed by atoms with Crippen molar-refractivity contribution in [2.75, 3.05) is 34.9 Å². The fourth-order valence-corrected chi connectivity index (χ4v) is 3.71. The predicted octanol–water partition coefficient (Wildman–Crippen LogP) is 2.94. The SMILES string of the molecule is COc1ccc(C(CNS(=O)(=O)c2ccc(Cl)cc2)N(C)C)cc1OC. The summed E-state index contributed by atoms with van der Waals surface area (Å²) in [5.74, 6) is 1.22. The van der Waals surface area contributed by atoms with E-state index in [4.69, 9.17) is 21.1 Å². The van der Waals surface area contributed by atoms with E-state index in [0.29, 0.717) is 16.5 Å². The Hall–Kier alpha value is -1.80. The summed E-state index contributed by atoms with van der Waals surface area (Å²) in [4.78, 5) is 2.11. The maximum Gasteiger partial charge on any atom is 0.240 e. The van der Waals surface area contributed by atoms with Crippen LogP contribution in [0.3, 0.4) is 0 Å². The molecule has 0 aliphatic heterocycles. The Kier molecular flexibility index (Phi) is 6.88. The average Bonchev–Trinajstić information content (AvgIpc) is 2.61. The number of nitrogens with zero attached hydrogens (tertiary/aromatic N) is 1. The molecule has 0 radical (unpaired) electrons. The summed E-state index contributed by atoms with van der Waals surface area (Å²) in [7, 11) is 3.28. The Morgan fingerprint density at radius 2 is 1.65 bits per heavy atom. The second-order valence-electron chi connectivity index (χ2n) is 5.90. The standard InChI is InChI=1S/C18H23ClN2O4S/c1-21(2)16(13-5-10-17(24-3)18(11-13)25-4)12-20-26(22,23)15-8-6-14(19)7-9-15/h5-11,16,20H,12H2,1-4H3. The quantitative estimate of drug-likeness (QED) is 0.740. The van der Waals surface area contributed by atoms with Crippen molar-refractivity contribution in [2.45, 2.75) is 10.9 Å². The van der Waals surface area contributed by atoms with Gasteiger partial charge in [-0.1, -0.05) is 17.7 Å². The minimum Gasteiger partial charge on any atom is -0.493 e. The van der Waals surface area contributed by atoms with E-state index >= 15 is 0 Å². The number of likely N-dealkylation sites (N-methyl/N-ethyl adjacent to an activating group) is 1. The van der Waals surface area contributed by atoms with E-state index in [2.05, 4.69) is 4.72 Å². The van der Waals surface area contributed by atoms with E-state index in [-0.39, 0.29) is 17.5 Å². The summed E-state index contributed by atoms with van der Waals surface area (Å²) in [5.41, 5.74) is 0.909. The number of ether oxygens (including phenoxy) is 2. The number of nitrogens with one attached hydrogen (secondary N) is 1. The van der Waals surface area contributed by atoms with Crippen molar-refractivity contribution >= 4 is 21.6 Å². The van der Waals surface area contributed by atoms with Crippen molar-refractivity contribution in [1.29, 1.82) is 0 Å². The van der Waals surface area contributed by atoms with Gasteiger partial charge in [-0.3, -0.25) is 0 Å². The highest BCUT2D eigenvalue weighted by Crippen LogP contribution is 2.31. The number of rotatable bonds is 8. The second kappa shape index (κ2) is 8.73. The zero-order valence-corrected chi connectivity index (χ0v) is 16.8. The van der Waals surface area contributed by atoms with Crippen LogP contribution in [0.2, 0.25) is 5.02 Å². The lowest BCUT2D eigenvalue weighted by molar-refractivity contribution is 0.297. The van der Waals surface area contributed by atoms with Crippen LogP contribution in [0.15, 0.2) is 47.4 Å². The van der Waals surface area contributed by atoms with E-state index < -0.39 is 10.0 Å². The van der Waals surface area contributed by atoms with Gasteiger partial charge < -0.3 is 14.4 Å². The van der Waals surface area contributed by atoms with Crippen LogP contribution in [0.5, 0.6) is 11.5 Å². The number of halogens is 1. The van der Waals surface area contributed by atoms with Crippen LogP contribution in [0.4, 0.5) is 0 Å². The van der Waals surface area contributed by atoms with Gasteiger partial charge in [0.1, 0.15) is 0 Å². The molecule has 0 heterocycles. The van der Waals surface area contributed by atoms with Gasteiger partial charge in [0.2, 0.25) is 10.0 Å². The first kappa shape index (κ1) is 20.5. The highest BCUT2D eigenvalue weighted by molar-refractivity contribution is 7.89. The largest absolute Gasteiger partial charge is 0.493 e. The van der Waals surface area contributed by atoms with Gasteiger partial charge >= 0.3 is 0 Å². The Morgan fingerprint density at radius 1 is 1.04 bits per heavy atom. The molecule has 2 aromatic rings. The normalized spacial score (nSPS) is 12.8. The van der Waals surface area contributed by atoms with Crippen LogP contribution < -0.4 is 14.2 Å². The van der Waals surface area contributed by atoms with E-state index in [9.17, 15) is 8.42 Å². The monoisotopic (exact) mass is 398 g/mol. The van der Waals surface area contributed by atoms with Gasteiger partial charge in [0.15, 0.2) is 11.5 Å². The van der Waals surface area contributed by atoms with Crippen LogP contribution in [-0.4, -0.2) is 48.2 Å². The molecule has 0 aliphatic carbocycles. The van der Waals surface area contributed by atoms with Gasteiger partial charge in [-0.25, -0.2) is 13.1 Å². The van der Waals surface area contributed by atoms with Crippen molar-refractivity contribution in [3.63, 3.8) is 0 Å². The third kappa shape index (κ3) is 4.88. The third-order valence-electron chi connectivity index (χ3n) is 4.01. The molecule has 0 bridgehead atoms. The summed E-state index contributed by atoms with van der Waals surface area (Å²) in [6, 6.07) is 11.4. The summed E-state index contributed by atoms with van der Waals surface area (Å²) in [5, 5.41) is 0.487. The minimum atomic E-state index is -3.63. The van der Waals surface area contributed by atoms with Gasteiger partial charge in [0, 0.05) is 17.6 Å². The van der Waals surface area contributed by atoms with Gasteiger partial charge in [0.25, 0.3) is 0 Å². The Balaban J connectivity index is 2.22. The van der Waals surface area contributed by atoms with Gasteiger partial charge in [-0.2, -0.15) is 0 Å². The number of hydrogen-bond donors (Lipinski definition) is 1. The third-order valence-corrected chi connectivity index (χ3v) is 5.70. The summed E-state index contributed by atoms with van der Waals surface area (Å²) in [6.07, 6.45) is 0. The number of methoxy groups -OCH3 is 2. The molecule has 0 amide bonds. The minimum absolute atomic E-state index is 0.173. The van der Waals surface area contributed by atoms with Crippen molar-refractivity contribution in [3.8, 4) is 11.5 Å². The molecular weight excluding hydrogens is 376 g/mol. The van der Waals surface area contributed by atoms with Crippen LogP contribution in [0.1, 0.15) is 11.6 Å². The molecule has 1 atom stereocenters. The van der Waals surface area contributed by atoms with Crippen LogP contribution in [0.25, 0.3) is 0 Å². The highest BCUT2D eigenvalue weighted by atomic mass is 35.5. The lowest BCUT2D eigenvalue weighted by Gasteiger charge is -2.25. The van der Waals surface area contributed by atoms with Crippen molar-refractivity contribution < 1.29 is 17.9 Å². The number of sulfonamides is 1. The molecule has 0 spiro atoms. The van der Waals surface area contributed by atoms with Crippen molar-refractivity contribution in [2.24, 2.45) is 0 Å². The molecule has 0 aliphatic rings. The molecule has 0 saturated heterocycles. The molecule has 1 unspecified atom stereocenters. The molecule has 2 rings (SSSR count). The number of benzene rings is 2. The van der Waals surface area contributed by atoms with Gasteiger partial charge in [-0.05, 0) is 56.1 Å². The molecule has 8 heteroatoms. The maximum absolute atomic E-state index is 12.5. The first-order valence-electron chi connectivity index (χ1n) is 7.92. The van der Waals surface area contributed by atoms with Gasteiger partial charge in [-0.15, -0.1) is 0 Å². The first-order chi connectivity index (χ1) is 12.3. The summed E-state index contributed by atoms with van der Waals surface area (Å²) < 4.78 is 38.3. The average molecular weight is 399 g/mol. The van der Waals surface area contributed by atoms with Crippen molar-refractivity contribution in [1.82, 2.24) is 9.62 Å². The molecule has 1 N–H and O–H groups in total. The molecule has 6 nitrogen and oxygen atoms in total. The van der Waals surface area contributed by atoms with E-state index in [1.165, 1.54) is 12.1 Å². The molecule has 26 heavy (non-hydrogen) atoms. The highest BCUT2D eigenvalue weighted by Gasteiger charge is 2.21. The van der Waals surface area contributed by atoms with E-state index in [1.807, 2.05) is 31.1 Å². The first-order valence-corrected chi connectivity index (χ1v) is 9.78. The van der Waals surface area contributed by atoms with Crippen LogP contribution >= 0.6 is 11.6 Å². The maximum atomic E-state index is 12.5. The van der Waals surface area contributed by atoms with E-state index in [0.717, 1.165) is 5.56 Å². The van der Waals surface area contributed by atoms with Crippen molar-refractivity contribution in [3.05, 3.63) is 53.1 Å². The molecule has 142 valence electrons. The topological polar surface area (TPSA) is 67.9 Å². The molecule has 2 aromatic carbocycles. The molecule has 0 aromatic heterocycles. The smallest absolute Gasteiger partial charge is 0.240 e. The zero-order chi connectivity index (χ0) is 19.3. The summed E-state index contributed by atoms with van der Waals surface area (Å²) >= 11 is 5.82. The second-order valence-corrected chi connectivity index (χ2v) is 8.10. The van der Waals surface area contributed by atoms with Crippen LogP contribution in [-0.2, 0) is 10.0 Å². The van der Waals surface area contributed by atoms with Crippen LogP contribution in [0, 0.1) is 0 Å². The molecular formula is C18H23ClN2O4S. The molecule has 0 fully saturated rings. The fraction of sp³-hybridized carbons (Fsp3) is 0.333. The van der Waals surface area contributed by atoms with Gasteiger partial charge in [0.05, 0.1) is 19.1 Å². The number of hydrogen-bond acceptors (Lipinski definition) is 5. The Labute approximate surface area is 159 Å². The zero-order valence-electron chi connectivity index (χ0n) is 15.2. The Morgan fingerprint density at radius 3 is 2.19 bits per heavy atom.